The first-order chi connectivity index (χ1) is 7.14. The molecule has 0 saturated carbocycles. The Kier molecular flexibility index (Phi) is 2.98. The topological polar surface area (TPSA) is 44.4 Å². The number of rotatable bonds is 1. The number of amides is 1. The number of hydrogen-bond acceptors (Lipinski definition) is 3. The number of piperidine rings is 1. The predicted molar refractivity (Wildman–Crippen MR) is 59.7 cm³/mol. The van der Waals surface area contributed by atoms with Crippen LogP contribution < -0.4 is 10.6 Å². The molecule has 4 nitrogen and oxygen atoms in total. The Morgan fingerprint density at radius 3 is 2.47 bits per heavy atom. The number of carbonyl (C=O) groups is 1. The molecule has 2 heterocycles. The first-order valence-corrected chi connectivity index (χ1v) is 5.91. The number of piperazine rings is 1. The second-order valence-corrected chi connectivity index (χ2v) is 4.89. The van der Waals surface area contributed by atoms with Gasteiger partial charge in [-0.25, -0.2) is 0 Å². The summed E-state index contributed by atoms with van der Waals surface area (Å²) in [5, 5.41) is 6.37. The molecule has 2 fully saturated rings. The molecule has 0 aliphatic carbocycles. The minimum Gasteiger partial charge on any atom is -0.353 e. The Hall–Kier alpha value is -0.610. The van der Waals surface area contributed by atoms with Gasteiger partial charge in [0.2, 0.25) is 5.91 Å². The number of hydrogen-bond donors (Lipinski definition) is 2. The first kappa shape index (κ1) is 10.9. The van der Waals surface area contributed by atoms with Crippen LogP contribution in [0.2, 0.25) is 0 Å². The van der Waals surface area contributed by atoms with Crippen LogP contribution in [0.1, 0.15) is 26.7 Å². The van der Waals surface area contributed by atoms with Gasteiger partial charge in [-0.3, -0.25) is 4.79 Å². The largest absolute Gasteiger partial charge is 0.353 e. The van der Waals surface area contributed by atoms with Crippen molar-refractivity contribution in [3.8, 4) is 0 Å². The summed E-state index contributed by atoms with van der Waals surface area (Å²) in [6.07, 6.45) is 1.88. The number of likely N-dealkylation sites (tertiary alicyclic amines) is 1. The second kappa shape index (κ2) is 4.10. The monoisotopic (exact) mass is 211 g/mol. The summed E-state index contributed by atoms with van der Waals surface area (Å²) in [5.41, 5.74) is -0.260. The van der Waals surface area contributed by atoms with Crippen LogP contribution in [0.4, 0.5) is 0 Å². The molecule has 2 rings (SSSR count). The average Bonchev–Trinajstić information content (AvgIpc) is 2.23. The summed E-state index contributed by atoms with van der Waals surface area (Å²) in [7, 11) is 0. The molecule has 0 unspecified atom stereocenters. The van der Waals surface area contributed by atoms with E-state index in [2.05, 4.69) is 29.4 Å². The van der Waals surface area contributed by atoms with Crippen molar-refractivity contribution in [3.05, 3.63) is 0 Å². The van der Waals surface area contributed by atoms with Gasteiger partial charge in [0, 0.05) is 32.2 Å². The molecular formula is C11H21N3O. The van der Waals surface area contributed by atoms with E-state index in [1.165, 1.54) is 0 Å². The van der Waals surface area contributed by atoms with E-state index in [0.29, 0.717) is 6.04 Å². The highest BCUT2D eigenvalue weighted by atomic mass is 16.2. The van der Waals surface area contributed by atoms with Gasteiger partial charge in [-0.2, -0.15) is 0 Å². The van der Waals surface area contributed by atoms with Gasteiger partial charge in [0.25, 0.3) is 0 Å². The quantitative estimate of drug-likeness (QED) is 0.639. The molecule has 15 heavy (non-hydrogen) atoms. The summed E-state index contributed by atoms with van der Waals surface area (Å²) in [6.45, 7) is 8.16. The average molecular weight is 211 g/mol. The van der Waals surface area contributed by atoms with Crippen molar-refractivity contribution >= 4 is 5.91 Å². The maximum atomic E-state index is 11.9. The Balaban J connectivity index is 1.98. The summed E-state index contributed by atoms with van der Waals surface area (Å²) >= 11 is 0. The third-order valence-electron chi connectivity index (χ3n) is 3.69. The highest BCUT2D eigenvalue weighted by molar-refractivity contribution is 5.87. The van der Waals surface area contributed by atoms with E-state index in [4.69, 9.17) is 0 Å². The maximum Gasteiger partial charge on any atom is 0.240 e. The van der Waals surface area contributed by atoms with Crippen LogP contribution >= 0.6 is 0 Å². The molecule has 86 valence electrons. The van der Waals surface area contributed by atoms with Gasteiger partial charge in [-0.15, -0.1) is 0 Å². The van der Waals surface area contributed by atoms with Crippen LogP contribution in [0.15, 0.2) is 0 Å². The summed E-state index contributed by atoms with van der Waals surface area (Å²) in [4.78, 5) is 14.3. The second-order valence-electron chi connectivity index (χ2n) is 4.89. The molecule has 0 aromatic rings. The van der Waals surface area contributed by atoms with E-state index >= 15 is 0 Å². The fourth-order valence-corrected chi connectivity index (χ4v) is 2.55. The fourth-order valence-electron chi connectivity index (χ4n) is 2.55. The molecular weight excluding hydrogens is 190 g/mol. The highest BCUT2D eigenvalue weighted by Gasteiger charge is 2.42. The Morgan fingerprint density at radius 1 is 1.27 bits per heavy atom. The van der Waals surface area contributed by atoms with Crippen molar-refractivity contribution < 1.29 is 4.79 Å². The summed E-state index contributed by atoms with van der Waals surface area (Å²) in [5.74, 6) is 0.206. The molecule has 1 spiro atoms. The van der Waals surface area contributed by atoms with E-state index in [9.17, 15) is 4.79 Å². The molecule has 2 aliphatic heterocycles. The van der Waals surface area contributed by atoms with Gasteiger partial charge in [0.05, 0.1) is 0 Å². The van der Waals surface area contributed by atoms with Crippen LogP contribution in [0.3, 0.4) is 0 Å². The lowest BCUT2D eigenvalue weighted by Gasteiger charge is -2.44. The van der Waals surface area contributed by atoms with Crippen molar-refractivity contribution in [2.45, 2.75) is 38.3 Å². The highest BCUT2D eigenvalue weighted by Crippen LogP contribution is 2.24. The van der Waals surface area contributed by atoms with Gasteiger partial charge >= 0.3 is 0 Å². The fraction of sp³-hybridized carbons (Fsp3) is 0.909. The molecule has 4 heteroatoms. The summed E-state index contributed by atoms with van der Waals surface area (Å²) < 4.78 is 0. The SMILES string of the molecule is CC(C)N1CCC2(CC1)NCCNC2=O. The number of nitrogens with one attached hydrogen (secondary N) is 2. The van der Waals surface area contributed by atoms with Crippen molar-refractivity contribution in [2.24, 2.45) is 0 Å². The third kappa shape index (κ3) is 2.01. The van der Waals surface area contributed by atoms with Crippen LogP contribution in [0.25, 0.3) is 0 Å². The zero-order valence-electron chi connectivity index (χ0n) is 9.68. The van der Waals surface area contributed by atoms with Crippen molar-refractivity contribution in [2.75, 3.05) is 26.2 Å². The Labute approximate surface area is 91.4 Å². The molecule has 2 N–H and O–H groups in total. The van der Waals surface area contributed by atoms with Crippen LogP contribution in [0.5, 0.6) is 0 Å². The van der Waals surface area contributed by atoms with Gasteiger partial charge in [-0.05, 0) is 26.7 Å². The lowest BCUT2D eigenvalue weighted by molar-refractivity contribution is -0.131. The lowest BCUT2D eigenvalue weighted by atomic mass is 9.85. The minimum absolute atomic E-state index is 0.206. The molecule has 0 bridgehead atoms. The first-order valence-electron chi connectivity index (χ1n) is 5.91. The third-order valence-corrected chi connectivity index (χ3v) is 3.69. The standard InChI is InChI=1S/C11H21N3O/c1-9(2)14-7-3-11(4-8-14)10(15)12-5-6-13-11/h9,13H,3-8H2,1-2H3,(H,12,15). The lowest BCUT2D eigenvalue weighted by Crippen LogP contribution is -2.66. The maximum absolute atomic E-state index is 11.9. The molecule has 0 atom stereocenters. The van der Waals surface area contributed by atoms with E-state index < -0.39 is 0 Å². The van der Waals surface area contributed by atoms with Crippen molar-refractivity contribution in [1.29, 1.82) is 0 Å². The van der Waals surface area contributed by atoms with Crippen molar-refractivity contribution in [3.63, 3.8) is 0 Å². The van der Waals surface area contributed by atoms with Crippen molar-refractivity contribution in [1.82, 2.24) is 15.5 Å². The van der Waals surface area contributed by atoms with Gasteiger partial charge in [0.1, 0.15) is 5.54 Å². The summed E-state index contributed by atoms with van der Waals surface area (Å²) in [6, 6.07) is 0.592. The van der Waals surface area contributed by atoms with Crippen LogP contribution in [-0.4, -0.2) is 48.6 Å². The zero-order chi connectivity index (χ0) is 10.9. The molecule has 2 aliphatic rings. The van der Waals surface area contributed by atoms with E-state index in [1.807, 2.05) is 0 Å². The van der Waals surface area contributed by atoms with E-state index in [1.54, 1.807) is 0 Å². The Bertz CT molecular complexity index is 244. The van der Waals surface area contributed by atoms with Crippen LogP contribution in [0, 0.1) is 0 Å². The molecule has 0 aromatic carbocycles. The number of nitrogens with zero attached hydrogens (tertiary/aromatic N) is 1. The Morgan fingerprint density at radius 2 is 1.93 bits per heavy atom. The van der Waals surface area contributed by atoms with Crippen LogP contribution in [-0.2, 0) is 4.79 Å². The predicted octanol–water partition coefficient (Wildman–Crippen LogP) is -0.0512. The molecule has 0 radical (unpaired) electrons. The molecule has 0 aromatic heterocycles. The van der Waals surface area contributed by atoms with E-state index in [-0.39, 0.29) is 11.4 Å². The molecule has 1 amide bonds. The van der Waals surface area contributed by atoms with Gasteiger partial charge < -0.3 is 15.5 Å². The zero-order valence-corrected chi connectivity index (χ0v) is 9.68. The van der Waals surface area contributed by atoms with Gasteiger partial charge in [-0.1, -0.05) is 0 Å². The molecule has 2 saturated heterocycles. The smallest absolute Gasteiger partial charge is 0.240 e. The normalized spacial score (nSPS) is 27.0. The minimum atomic E-state index is -0.260. The number of carbonyl (C=O) groups excluding carboxylic acids is 1. The van der Waals surface area contributed by atoms with E-state index in [0.717, 1.165) is 39.0 Å². The van der Waals surface area contributed by atoms with Gasteiger partial charge in [0.15, 0.2) is 0 Å².